The van der Waals surface area contributed by atoms with Gasteiger partial charge < -0.3 is 9.84 Å². The highest BCUT2D eigenvalue weighted by Crippen LogP contribution is 2.27. The standard InChI is InChI=1S/C10H12BrNO2/c11-8-4-7(6-13)10(12-5-8)14-9-2-1-3-9/h4-5,9,13H,1-3,6H2. The van der Waals surface area contributed by atoms with E-state index in [-0.39, 0.29) is 6.61 Å². The van der Waals surface area contributed by atoms with E-state index in [2.05, 4.69) is 20.9 Å². The Bertz CT molecular complexity index is 326. The molecule has 1 saturated carbocycles. The third kappa shape index (κ3) is 2.07. The van der Waals surface area contributed by atoms with Crippen LogP contribution in [0.3, 0.4) is 0 Å². The molecule has 76 valence electrons. The first-order valence-corrected chi connectivity index (χ1v) is 5.51. The summed E-state index contributed by atoms with van der Waals surface area (Å²) in [5.41, 5.74) is 0.742. The molecule has 1 aromatic rings. The summed E-state index contributed by atoms with van der Waals surface area (Å²) in [5, 5.41) is 9.11. The summed E-state index contributed by atoms with van der Waals surface area (Å²) in [6, 6.07) is 1.83. The number of rotatable bonds is 3. The quantitative estimate of drug-likeness (QED) is 0.904. The highest BCUT2D eigenvalue weighted by molar-refractivity contribution is 9.10. The molecule has 1 fully saturated rings. The lowest BCUT2D eigenvalue weighted by Crippen LogP contribution is -2.25. The van der Waals surface area contributed by atoms with Crippen molar-refractivity contribution in [2.75, 3.05) is 0 Å². The zero-order valence-electron chi connectivity index (χ0n) is 7.74. The summed E-state index contributed by atoms with van der Waals surface area (Å²) in [7, 11) is 0. The van der Waals surface area contributed by atoms with Crippen molar-refractivity contribution in [1.82, 2.24) is 4.98 Å². The molecule has 1 aliphatic rings. The summed E-state index contributed by atoms with van der Waals surface area (Å²) in [6.45, 7) is -0.0332. The topological polar surface area (TPSA) is 42.4 Å². The first-order valence-electron chi connectivity index (χ1n) is 4.71. The largest absolute Gasteiger partial charge is 0.474 e. The van der Waals surface area contributed by atoms with Gasteiger partial charge in [-0.25, -0.2) is 4.98 Å². The number of halogens is 1. The number of ether oxygens (including phenoxy) is 1. The van der Waals surface area contributed by atoms with E-state index >= 15 is 0 Å². The summed E-state index contributed by atoms with van der Waals surface area (Å²) in [4.78, 5) is 4.14. The highest BCUT2D eigenvalue weighted by atomic mass is 79.9. The van der Waals surface area contributed by atoms with E-state index in [1.54, 1.807) is 6.20 Å². The summed E-state index contributed by atoms with van der Waals surface area (Å²) < 4.78 is 6.50. The summed E-state index contributed by atoms with van der Waals surface area (Å²) in [5.74, 6) is 0.570. The van der Waals surface area contributed by atoms with Crippen molar-refractivity contribution in [1.29, 1.82) is 0 Å². The number of hydrogen-bond acceptors (Lipinski definition) is 3. The van der Waals surface area contributed by atoms with Crippen LogP contribution in [0.4, 0.5) is 0 Å². The number of nitrogens with zero attached hydrogens (tertiary/aromatic N) is 1. The van der Waals surface area contributed by atoms with Crippen molar-refractivity contribution in [3.05, 3.63) is 22.3 Å². The van der Waals surface area contributed by atoms with Crippen molar-refractivity contribution in [2.24, 2.45) is 0 Å². The molecule has 0 radical (unpaired) electrons. The molecular formula is C10H12BrNO2. The molecule has 0 bridgehead atoms. The van der Waals surface area contributed by atoms with Gasteiger partial charge >= 0.3 is 0 Å². The Morgan fingerprint density at radius 2 is 2.36 bits per heavy atom. The number of aliphatic hydroxyl groups excluding tert-OH is 1. The average Bonchev–Trinajstić information content (AvgIpc) is 2.13. The summed E-state index contributed by atoms with van der Waals surface area (Å²) >= 11 is 3.31. The lowest BCUT2D eigenvalue weighted by atomic mass is 9.96. The minimum Gasteiger partial charge on any atom is -0.474 e. The highest BCUT2D eigenvalue weighted by Gasteiger charge is 2.20. The smallest absolute Gasteiger partial charge is 0.219 e. The number of pyridine rings is 1. The van der Waals surface area contributed by atoms with E-state index in [0.717, 1.165) is 22.9 Å². The molecule has 1 aromatic heterocycles. The Labute approximate surface area is 91.2 Å². The van der Waals surface area contributed by atoms with Crippen molar-refractivity contribution in [2.45, 2.75) is 32.0 Å². The van der Waals surface area contributed by atoms with Gasteiger partial charge in [0.2, 0.25) is 5.88 Å². The summed E-state index contributed by atoms with van der Waals surface area (Å²) in [6.07, 6.45) is 5.42. The predicted octanol–water partition coefficient (Wildman–Crippen LogP) is 2.27. The maximum atomic E-state index is 9.11. The molecule has 0 aliphatic heterocycles. The Hall–Kier alpha value is -0.610. The minimum absolute atomic E-state index is 0.0332. The Morgan fingerprint density at radius 3 is 2.93 bits per heavy atom. The number of aromatic nitrogens is 1. The molecule has 14 heavy (non-hydrogen) atoms. The first kappa shape index (κ1) is 9.93. The third-order valence-corrected chi connectivity index (χ3v) is 2.83. The van der Waals surface area contributed by atoms with Crippen molar-refractivity contribution in [3.8, 4) is 5.88 Å². The molecule has 1 N–H and O–H groups in total. The van der Waals surface area contributed by atoms with Crippen molar-refractivity contribution in [3.63, 3.8) is 0 Å². The van der Waals surface area contributed by atoms with E-state index in [4.69, 9.17) is 9.84 Å². The Morgan fingerprint density at radius 1 is 1.57 bits per heavy atom. The van der Waals surface area contributed by atoms with Crippen LogP contribution in [0.5, 0.6) is 5.88 Å². The van der Waals surface area contributed by atoms with Crippen LogP contribution in [-0.2, 0) is 6.61 Å². The van der Waals surface area contributed by atoms with Gasteiger partial charge in [-0.15, -0.1) is 0 Å². The molecule has 0 saturated heterocycles. The maximum Gasteiger partial charge on any atom is 0.219 e. The zero-order chi connectivity index (χ0) is 9.97. The Kier molecular flexibility index (Phi) is 3.03. The lowest BCUT2D eigenvalue weighted by Gasteiger charge is -2.26. The van der Waals surface area contributed by atoms with Crippen LogP contribution in [0.2, 0.25) is 0 Å². The molecular weight excluding hydrogens is 246 g/mol. The van der Waals surface area contributed by atoms with E-state index in [0.29, 0.717) is 12.0 Å². The molecule has 0 unspecified atom stereocenters. The molecule has 0 atom stereocenters. The van der Waals surface area contributed by atoms with Crippen molar-refractivity contribution >= 4 is 15.9 Å². The fourth-order valence-corrected chi connectivity index (χ4v) is 1.71. The van der Waals surface area contributed by atoms with Gasteiger partial charge in [0.25, 0.3) is 0 Å². The van der Waals surface area contributed by atoms with Gasteiger partial charge in [-0.1, -0.05) is 0 Å². The van der Waals surface area contributed by atoms with Gasteiger partial charge in [-0.3, -0.25) is 0 Å². The minimum atomic E-state index is -0.0332. The van der Waals surface area contributed by atoms with Crippen LogP contribution in [-0.4, -0.2) is 16.2 Å². The number of aliphatic hydroxyl groups is 1. The van der Waals surface area contributed by atoms with Gasteiger partial charge in [0.1, 0.15) is 6.10 Å². The molecule has 2 rings (SSSR count). The SMILES string of the molecule is OCc1cc(Br)cnc1OC1CCC1. The molecule has 0 amide bonds. The molecule has 0 spiro atoms. The molecule has 0 aromatic carbocycles. The van der Waals surface area contributed by atoms with Crippen LogP contribution < -0.4 is 4.74 Å². The van der Waals surface area contributed by atoms with Gasteiger partial charge in [-0.2, -0.15) is 0 Å². The number of hydrogen-bond donors (Lipinski definition) is 1. The maximum absolute atomic E-state index is 9.11. The molecule has 4 heteroatoms. The van der Waals surface area contributed by atoms with E-state index in [1.807, 2.05) is 6.07 Å². The van der Waals surface area contributed by atoms with Gasteiger partial charge in [-0.05, 0) is 41.3 Å². The second kappa shape index (κ2) is 4.28. The fraction of sp³-hybridized carbons (Fsp3) is 0.500. The van der Waals surface area contributed by atoms with Crippen LogP contribution in [0.15, 0.2) is 16.7 Å². The van der Waals surface area contributed by atoms with E-state index in [9.17, 15) is 0 Å². The zero-order valence-corrected chi connectivity index (χ0v) is 9.33. The van der Waals surface area contributed by atoms with Crippen LogP contribution in [0, 0.1) is 0 Å². The predicted molar refractivity (Wildman–Crippen MR) is 56.1 cm³/mol. The molecule has 3 nitrogen and oxygen atoms in total. The first-order chi connectivity index (χ1) is 6.79. The van der Waals surface area contributed by atoms with Crippen LogP contribution in [0.25, 0.3) is 0 Å². The van der Waals surface area contributed by atoms with Gasteiger partial charge in [0, 0.05) is 16.2 Å². The van der Waals surface area contributed by atoms with E-state index < -0.39 is 0 Å². The van der Waals surface area contributed by atoms with Gasteiger partial charge in [0.15, 0.2) is 0 Å². The molecule has 1 aliphatic carbocycles. The van der Waals surface area contributed by atoms with Gasteiger partial charge in [0.05, 0.1) is 6.61 Å². The Balaban J connectivity index is 2.14. The monoisotopic (exact) mass is 257 g/mol. The third-order valence-electron chi connectivity index (χ3n) is 2.39. The van der Waals surface area contributed by atoms with Crippen molar-refractivity contribution < 1.29 is 9.84 Å². The second-order valence-corrected chi connectivity index (χ2v) is 4.36. The lowest BCUT2D eigenvalue weighted by molar-refractivity contribution is 0.110. The average molecular weight is 258 g/mol. The fourth-order valence-electron chi connectivity index (χ4n) is 1.33. The normalized spacial score (nSPS) is 16.4. The van der Waals surface area contributed by atoms with E-state index in [1.165, 1.54) is 6.42 Å². The van der Waals surface area contributed by atoms with Crippen LogP contribution in [0.1, 0.15) is 24.8 Å². The second-order valence-electron chi connectivity index (χ2n) is 3.45. The molecule has 1 heterocycles. The van der Waals surface area contributed by atoms with Crippen LogP contribution >= 0.6 is 15.9 Å².